The van der Waals surface area contributed by atoms with E-state index in [1.807, 2.05) is 12.2 Å². The van der Waals surface area contributed by atoms with E-state index in [9.17, 15) is 17.2 Å². The van der Waals surface area contributed by atoms with Crippen LogP contribution in [0.5, 0.6) is 0 Å². The topological polar surface area (TPSA) is 34.1 Å². The lowest BCUT2D eigenvalue weighted by Crippen LogP contribution is -2.04. The van der Waals surface area contributed by atoms with Gasteiger partial charge in [0, 0.05) is 16.8 Å². The molecule has 3 rings (SSSR count). The van der Waals surface area contributed by atoms with Gasteiger partial charge in [-0.25, -0.2) is 17.2 Å². The summed E-state index contributed by atoms with van der Waals surface area (Å²) in [6.45, 7) is 0. The summed E-state index contributed by atoms with van der Waals surface area (Å²) in [5.41, 5.74) is 2.26. The van der Waals surface area contributed by atoms with Crippen molar-refractivity contribution in [3.8, 4) is 0 Å². The third-order valence-electron chi connectivity index (χ3n) is 3.83. The summed E-state index contributed by atoms with van der Waals surface area (Å²) in [5, 5.41) is 0.581. The molecule has 2 nitrogen and oxygen atoms in total. The molecule has 0 atom stereocenters. The van der Waals surface area contributed by atoms with Crippen molar-refractivity contribution >= 4 is 32.6 Å². The monoisotopic (exact) mass is 366 g/mol. The zero-order valence-corrected chi connectivity index (χ0v) is 14.3. The van der Waals surface area contributed by atoms with Gasteiger partial charge in [-0.3, -0.25) is 0 Å². The van der Waals surface area contributed by atoms with Crippen LogP contribution < -0.4 is 0 Å². The highest BCUT2D eigenvalue weighted by atomic mass is 35.5. The summed E-state index contributed by atoms with van der Waals surface area (Å²) >= 11 is 5.88. The number of allylic oxidation sites excluding steroid dienone is 4. The van der Waals surface area contributed by atoms with Crippen molar-refractivity contribution in [1.29, 1.82) is 0 Å². The Morgan fingerprint density at radius 2 is 1.71 bits per heavy atom. The molecule has 124 valence electrons. The number of rotatable bonds is 3. The van der Waals surface area contributed by atoms with Crippen LogP contribution >= 0.6 is 11.6 Å². The van der Waals surface area contributed by atoms with Gasteiger partial charge in [0.25, 0.3) is 0 Å². The van der Waals surface area contributed by atoms with Gasteiger partial charge in [0.2, 0.25) is 0 Å². The van der Waals surface area contributed by atoms with E-state index < -0.39 is 26.4 Å². The molecule has 24 heavy (non-hydrogen) atoms. The van der Waals surface area contributed by atoms with Crippen LogP contribution in [0.25, 0.3) is 11.1 Å². The molecule has 1 aliphatic carbocycles. The molecular weight excluding hydrogens is 354 g/mol. The highest BCUT2D eigenvalue weighted by Crippen LogP contribution is 2.37. The molecular formula is C18H13ClF2O2S. The lowest BCUT2D eigenvalue weighted by Gasteiger charge is -2.11. The van der Waals surface area contributed by atoms with Crippen LogP contribution in [0.2, 0.25) is 5.02 Å². The molecule has 0 aliphatic heterocycles. The first-order valence-corrected chi connectivity index (χ1v) is 9.39. The molecule has 2 aromatic rings. The van der Waals surface area contributed by atoms with Gasteiger partial charge in [0.05, 0.1) is 0 Å². The van der Waals surface area contributed by atoms with E-state index in [-0.39, 0.29) is 5.56 Å². The van der Waals surface area contributed by atoms with Gasteiger partial charge >= 0.3 is 0 Å². The molecule has 0 unspecified atom stereocenters. The second-order valence-electron chi connectivity index (χ2n) is 5.54. The molecule has 0 fully saturated rings. The fraction of sp³-hybridized carbons (Fsp3) is 0.111. The molecule has 6 heteroatoms. The molecule has 0 saturated carbocycles. The van der Waals surface area contributed by atoms with Crippen molar-refractivity contribution in [1.82, 2.24) is 0 Å². The Hall–Kier alpha value is -1.98. The molecule has 0 amide bonds. The normalized spacial score (nSPS) is 14.5. The van der Waals surface area contributed by atoms with Crippen LogP contribution in [-0.4, -0.2) is 14.7 Å². The SMILES string of the molecule is CS(=O)(=O)c1cc(F)c(C2=C(c3ccc(Cl)cc3)C=CC2)cc1F. The minimum atomic E-state index is -3.83. The number of benzene rings is 2. The Bertz CT molecular complexity index is 975. The van der Waals surface area contributed by atoms with Gasteiger partial charge in [-0.05, 0) is 47.4 Å². The standard InChI is InChI=1S/C18H13ClF2O2S/c1-24(22,23)18-10-16(20)15(9-17(18)21)14-4-2-3-13(14)11-5-7-12(19)8-6-11/h2-3,5-10H,4H2,1H3. The summed E-state index contributed by atoms with van der Waals surface area (Å²) in [6.07, 6.45) is 4.97. The van der Waals surface area contributed by atoms with Crippen LogP contribution in [-0.2, 0) is 9.84 Å². The van der Waals surface area contributed by atoms with Crippen LogP contribution in [0.4, 0.5) is 8.78 Å². The maximum absolute atomic E-state index is 14.5. The van der Waals surface area contributed by atoms with Crippen molar-refractivity contribution in [2.45, 2.75) is 11.3 Å². The lowest BCUT2D eigenvalue weighted by atomic mass is 9.96. The molecule has 0 bridgehead atoms. The highest BCUT2D eigenvalue weighted by molar-refractivity contribution is 7.90. The van der Waals surface area contributed by atoms with Crippen LogP contribution in [0, 0.1) is 11.6 Å². The Labute approximate surface area is 144 Å². The van der Waals surface area contributed by atoms with E-state index in [1.165, 1.54) is 0 Å². The number of hydrogen-bond donors (Lipinski definition) is 0. The molecule has 0 heterocycles. The smallest absolute Gasteiger partial charge is 0.178 e. The first kappa shape index (κ1) is 16.9. The minimum Gasteiger partial charge on any atom is -0.224 e. The van der Waals surface area contributed by atoms with Crippen molar-refractivity contribution in [3.05, 3.63) is 76.3 Å². The number of hydrogen-bond acceptors (Lipinski definition) is 2. The third-order valence-corrected chi connectivity index (χ3v) is 5.20. The van der Waals surface area contributed by atoms with E-state index in [1.54, 1.807) is 24.3 Å². The van der Waals surface area contributed by atoms with Crippen LogP contribution in [0.15, 0.2) is 53.4 Å². The van der Waals surface area contributed by atoms with Crippen molar-refractivity contribution in [2.24, 2.45) is 0 Å². The second-order valence-corrected chi connectivity index (χ2v) is 7.96. The van der Waals surface area contributed by atoms with Gasteiger partial charge in [0.15, 0.2) is 9.84 Å². The van der Waals surface area contributed by atoms with E-state index in [4.69, 9.17) is 11.6 Å². The molecule has 0 aromatic heterocycles. The van der Waals surface area contributed by atoms with Crippen LogP contribution in [0.1, 0.15) is 17.5 Å². The van der Waals surface area contributed by atoms with E-state index in [0.29, 0.717) is 17.0 Å². The van der Waals surface area contributed by atoms with Gasteiger partial charge < -0.3 is 0 Å². The zero-order valence-electron chi connectivity index (χ0n) is 12.7. The molecule has 0 N–H and O–H groups in total. The minimum absolute atomic E-state index is 0.0647. The summed E-state index contributed by atoms with van der Waals surface area (Å²) in [4.78, 5) is -0.636. The maximum Gasteiger partial charge on any atom is 0.178 e. The predicted molar refractivity (Wildman–Crippen MR) is 91.5 cm³/mol. The van der Waals surface area contributed by atoms with Crippen molar-refractivity contribution in [2.75, 3.05) is 6.26 Å². The van der Waals surface area contributed by atoms with Gasteiger partial charge in [-0.1, -0.05) is 35.9 Å². The van der Waals surface area contributed by atoms with E-state index >= 15 is 0 Å². The Morgan fingerprint density at radius 3 is 2.33 bits per heavy atom. The van der Waals surface area contributed by atoms with Crippen molar-refractivity contribution < 1.29 is 17.2 Å². The largest absolute Gasteiger partial charge is 0.224 e. The Morgan fingerprint density at radius 1 is 1.04 bits per heavy atom. The fourth-order valence-electron chi connectivity index (χ4n) is 2.70. The van der Waals surface area contributed by atoms with E-state index in [2.05, 4.69) is 0 Å². The summed E-state index contributed by atoms with van der Waals surface area (Å²) in [6, 6.07) is 8.72. The third kappa shape index (κ3) is 3.14. The average molecular weight is 367 g/mol. The Balaban J connectivity index is 2.16. The Kier molecular flexibility index (Phi) is 4.32. The first-order valence-electron chi connectivity index (χ1n) is 7.12. The highest BCUT2D eigenvalue weighted by Gasteiger charge is 2.22. The molecule has 2 aromatic carbocycles. The molecule has 0 radical (unpaired) electrons. The quantitative estimate of drug-likeness (QED) is 0.774. The summed E-state index contributed by atoms with van der Waals surface area (Å²) in [7, 11) is -3.83. The van der Waals surface area contributed by atoms with Gasteiger partial charge in [0.1, 0.15) is 16.5 Å². The number of halogens is 3. The summed E-state index contributed by atoms with van der Waals surface area (Å²) < 4.78 is 51.6. The maximum atomic E-state index is 14.5. The summed E-state index contributed by atoms with van der Waals surface area (Å²) in [5.74, 6) is -1.72. The lowest BCUT2D eigenvalue weighted by molar-refractivity contribution is 0.554. The first-order chi connectivity index (χ1) is 11.3. The van der Waals surface area contributed by atoms with Gasteiger partial charge in [-0.2, -0.15) is 0 Å². The van der Waals surface area contributed by atoms with Gasteiger partial charge in [-0.15, -0.1) is 0 Å². The molecule has 1 aliphatic rings. The predicted octanol–water partition coefficient (Wildman–Crippen LogP) is 4.89. The average Bonchev–Trinajstić information content (AvgIpc) is 2.98. The van der Waals surface area contributed by atoms with Crippen LogP contribution in [0.3, 0.4) is 0 Å². The van der Waals surface area contributed by atoms with Crippen molar-refractivity contribution in [3.63, 3.8) is 0 Å². The van der Waals surface area contributed by atoms with E-state index in [0.717, 1.165) is 29.5 Å². The second kappa shape index (κ2) is 6.15. The number of sulfone groups is 1. The molecule has 0 saturated heterocycles. The fourth-order valence-corrected chi connectivity index (χ4v) is 3.56. The molecule has 0 spiro atoms. The zero-order chi connectivity index (χ0) is 17.5.